The second-order valence-corrected chi connectivity index (χ2v) is 4.21. The van der Waals surface area contributed by atoms with Gasteiger partial charge in [0.05, 0.1) is 4.47 Å². The molecular weight excluding hydrogens is 306 g/mol. The molecule has 0 saturated carbocycles. The molecule has 0 aliphatic heterocycles. The molecule has 0 amide bonds. The molecule has 7 heteroatoms. The lowest BCUT2D eigenvalue weighted by molar-refractivity contribution is -0.00346. The van der Waals surface area contributed by atoms with Gasteiger partial charge in [-0.15, -0.1) is 0 Å². The minimum Gasteiger partial charge on any atom is -0.386 e. The van der Waals surface area contributed by atoms with Gasteiger partial charge in [0.1, 0.15) is 17.7 Å². The number of aliphatic hydroxyl groups excluding tert-OH is 1. The van der Waals surface area contributed by atoms with Crippen molar-refractivity contribution in [2.75, 3.05) is 6.54 Å². The first-order valence-electron chi connectivity index (χ1n) is 4.72. The molecule has 1 atom stereocenters. The fraction of sp³-hybridized carbons (Fsp3) is 0.400. The Bertz CT molecular complexity index is 389. The first-order valence-corrected chi connectivity index (χ1v) is 5.52. The zero-order chi connectivity index (χ0) is 13.0. The van der Waals surface area contributed by atoms with E-state index in [1.807, 2.05) is 0 Å². The number of hydrogen-bond donors (Lipinski definition) is 2. The zero-order valence-corrected chi connectivity index (χ0v) is 10.1. The fourth-order valence-corrected chi connectivity index (χ4v) is 1.54. The predicted octanol–water partition coefficient (Wildman–Crippen LogP) is 2.44. The Kier molecular flexibility index (Phi) is 5.35. The molecule has 0 aromatic heterocycles. The smallest absolute Gasteiger partial charge is 0.265 e. The van der Waals surface area contributed by atoms with Gasteiger partial charge in [0.2, 0.25) is 0 Å². The maximum atomic E-state index is 13.4. The van der Waals surface area contributed by atoms with Crippen molar-refractivity contribution in [2.24, 2.45) is 0 Å². The summed E-state index contributed by atoms with van der Waals surface area (Å²) in [5, 5.41) is 11.1. The van der Waals surface area contributed by atoms with Crippen molar-refractivity contribution in [1.82, 2.24) is 5.32 Å². The summed E-state index contributed by atoms with van der Waals surface area (Å²) in [6.45, 7) is -0.718. The van der Waals surface area contributed by atoms with E-state index in [1.54, 1.807) is 0 Å². The molecule has 0 heterocycles. The Morgan fingerprint density at radius 1 is 1.29 bits per heavy atom. The van der Waals surface area contributed by atoms with Crippen LogP contribution in [0.4, 0.5) is 17.6 Å². The summed E-state index contributed by atoms with van der Waals surface area (Å²) in [7, 11) is 0. The highest BCUT2D eigenvalue weighted by molar-refractivity contribution is 9.10. The maximum Gasteiger partial charge on any atom is 0.265 e. The highest BCUT2D eigenvalue weighted by Gasteiger charge is 2.17. The van der Waals surface area contributed by atoms with E-state index in [2.05, 4.69) is 21.2 Å². The molecule has 1 aromatic carbocycles. The Balaban J connectivity index is 2.61. The average molecular weight is 316 g/mol. The second-order valence-electron chi connectivity index (χ2n) is 3.35. The van der Waals surface area contributed by atoms with Gasteiger partial charge in [-0.1, -0.05) is 0 Å². The van der Waals surface area contributed by atoms with Crippen molar-refractivity contribution >= 4 is 15.9 Å². The summed E-state index contributed by atoms with van der Waals surface area (Å²) in [6.07, 6.45) is -4.74. The van der Waals surface area contributed by atoms with Crippen molar-refractivity contribution in [3.63, 3.8) is 0 Å². The highest BCUT2D eigenvalue weighted by Crippen LogP contribution is 2.21. The molecule has 0 bridgehead atoms. The van der Waals surface area contributed by atoms with Crippen molar-refractivity contribution < 1.29 is 22.7 Å². The number of aliphatic hydroxyl groups is 1. The minimum absolute atomic E-state index is 0.0881. The normalized spacial score (nSPS) is 13.1. The Hall–Kier alpha value is -0.660. The quantitative estimate of drug-likeness (QED) is 0.646. The molecule has 96 valence electrons. The highest BCUT2D eigenvalue weighted by atomic mass is 79.9. The van der Waals surface area contributed by atoms with Gasteiger partial charge >= 0.3 is 0 Å². The molecule has 2 N–H and O–H groups in total. The number of rotatable bonds is 5. The largest absolute Gasteiger partial charge is 0.386 e. The molecule has 0 fully saturated rings. The number of halogens is 5. The lowest BCUT2D eigenvalue weighted by Crippen LogP contribution is -2.32. The van der Waals surface area contributed by atoms with Gasteiger partial charge < -0.3 is 10.4 Å². The summed E-state index contributed by atoms with van der Waals surface area (Å²) in [4.78, 5) is 0. The van der Waals surface area contributed by atoms with E-state index < -0.39 is 30.7 Å². The zero-order valence-electron chi connectivity index (χ0n) is 8.56. The molecule has 17 heavy (non-hydrogen) atoms. The first kappa shape index (κ1) is 14.4. The van der Waals surface area contributed by atoms with Crippen LogP contribution in [0.1, 0.15) is 5.56 Å². The monoisotopic (exact) mass is 315 g/mol. The van der Waals surface area contributed by atoms with E-state index in [0.717, 1.165) is 6.07 Å². The van der Waals surface area contributed by atoms with Crippen LogP contribution in [0.15, 0.2) is 16.6 Å². The summed E-state index contributed by atoms with van der Waals surface area (Å²) in [5.74, 6) is -1.56. The molecule has 1 rings (SSSR count). The summed E-state index contributed by atoms with van der Waals surface area (Å²) < 4.78 is 50.6. The Morgan fingerprint density at radius 2 is 1.94 bits per heavy atom. The van der Waals surface area contributed by atoms with Gasteiger partial charge in [0, 0.05) is 18.7 Å². The second kappa shape index (κ2) is 6.32. The van der Waals surface area contributed by atoms with Crippen LogP contribution in [0.25, 0.3) is 0 Å². The maximum absolute atomic E-state index is 13.4. The van der Waals surface area contributed by atoms with Crippen molar-refractivity contribution in [3.05, 3.63) is 33.8 Å². The molecule has 0 aliphatic carbocycles. The molecule has 0 spiro atoms. The van der Waals surface area contributed by atoms with E-state index in [0.29, 0.717) is 0 Å². The van der Waals surface area contributed by atoms with E-state index >= 15 is 0 Å². The van der Waals surface area contributed by atoms with Gasteiger partial charge in [-0.05, 0) is 28.1 Å². The van der Waals surface area contributed by atoms with Crippen LogP contribution < -0.4 is 5.32 Å². The van der Waals surface area contributed by atoms with Crippen molar-refractivity contribution in [1.29, 1.82) is 0 Å². The van der Waals surface area contributed by atoms with Crippen LogP contribution in [-0.2, 0) is 6.54 Å². The summed E-state index contributed by atoms with van der Waals surface area (Å²) >= 11 is 2.89. The van der Waals surface area contributed by atoms with E-state index in [9.17, 15) is 17.6 Å². The Labute approximate surface area is 104 Å². The SMILES string of the molecule is OC(CNCc1c(F)ccc(Br)c1F)C(F)F. The third-order valence-electron chi connectivity index (χ3n) is 2.09. The number of alkyl halides is 2. The predicted molar refractivity (Wildman–Crippen MR) is 57.8 cm³/mol. The van der Waals surface area contributed by atoms with Crippen LogP contribution in [-0.4, -0.2) is 24.2 Å². The van der Waals surface area contributed by atoms with Crippen LogP contribution in [0.5, 0.6) is 0 Å². The van der Waals surface area contributed by atoms with E-state index in [4.69, 9.17) is 5.11 Å². The Morgan fingerprint density at radius 3 is 2.53 bits per heavy atom. The molecule has 1 aromatic rings. The number of hydrogen-bond acceptors (Lipinski definition) is 2. The molecule has 2 nitrogen and oxygen atoms in total. The molecule has 1 unspecified atom stereocenters. The van der Waals surface area contributed by atoms with Gasteiger partial charge in [-0.3, -0.25) is 0 Å². The molecule has 0 radical (unpaired) electrons. The van der Waals surface area contributed by atoms with E-state index in [1.165, 1.54) is 6.07 Å². The summed E-state index contributed by atoms with van der Waals surface area (Å²) in [5.41, 5.74) is -0.263. The van der Waals surface area contributed by atoms with Gasteiger partial charge in [0.15, 0.2) is 0 Å². The van der Waals surface area contributed by atoms with Crippen LogP contribution >= 0.6 is 15.9 Å². The van der Waals surface area contributed by atoms with Crippen LogP contribution in [0, 0.1) is 11.6 Å². The van der Waals surface area contributed by atoms with Crippen molar-refractivity contribution in [3.8, 4) is 0 Å². The first-order chi connectivity index (χ1) is 7.93. The van der Waals surface area contributed by atoms with Gasteiger partial charge in [0.25, 0.3) is 6.43 Å². The molecule has 0 saturated heterocycles. The third kappa shape index (κ3) is 3.93. The number of benzene rings is 1. The third-order valence-corrected chi connectivity index (χ3v) is 2.70. The molecular formula is C10H10BrF4NO. The topological polar surface area (TPSA) is 32.3 Å². The van der Waals surface area contributed by atoms with Crippen LogP contribution in [0.3, 0.4) is 0 Å². The number of nitrogens with one attached hydrogen (secondary N) is 1. The van der Waals surface area contributed by atoms with Crippen LogP contribution in [0.2, 0.25) is 0 Å². The average Bonchev–Trinajstić information content (AvgIpc) is 2.28. The standard InChI is InChI=1S/C10H10BrF4NO/c11-6-1-2-7(12)5(9(6)13)3-16-4-8(17)10(14)15/h1-2,8,10,16-17H,3-4H2. The lowest BCUT2D eigenvalue weighted by atomic mass is 10.2. The van der Waals surface area contributed by atoms with Gasteiger partial charge in [-0.2, -0.15) is 0 Å². The van der Waals surface area contributed by atoms with E-state index in [-0.39, 0.29) is 16.6 Å². The fourth-order valence-electron chi connectivity index (χ4n) is 1.17. The van der Waals surface area contributed by atoms with Crippen molar-refractivity contribution in [2.45, 2.75) is 19.1 Å². The minimum atomic E-state index is -2.89. The summed E-state index contributed by atoms with van der Waals surface area (Å²) in [6, 6.07) is 2.27. The van der Waals surface area contributed by atoms with Gasteiger partial charge in [-0.25, -0.2) is 17.6 Å². The molecule has 0 aliphatic rings. The lowest BCUT2D eigenvalue weighted by Gasteiger charge is -2.11.